The van der Waals surface area contributed by atoms with Gasteiger partial charge in [-0.25, -0.2) is 0 Å². The SMILES string of the molecule is CCCCC#CC(C)(CCc1ccccc1)OC(C)=O. The van der Waals surface area contributed by atoms with Crippen molar-refractivity contribution in [3.05, 3.63) is 35.9 Å². The standard InChI is InChI=1S/C18H24O2/c1-4-5-6-10-14-18(3,20-16(2)19)15-13-17-11-8-7-9-12-17/h7-9,11-12H,4-6,13,15H2,1-3H3. The number of aryl methyl sites for hydroxylation is 1. The second-order valence-corrected chi connectivity index (χ2v) is 5.22. The van der Waals surface area contributed by atoms with Gasteiger partial charge in [-0.05, 0) is 25.3 Å². The van der Waals surface area contributed by atoms with Crippen LogP contribution in [0.15, 0.2) is 30.3 Å². The quantitative estimate of drug-likeness (QED) is 0.442. The highest BCUT2D eigenvalue weighted by Gasteiger charge is 2.24. The monoisotopic (exact) mass is 272 g/mol. The first-order valence-electron chi connectivity index (χ1n) is 7.29. The van der Waals surface area contributed by atoms with Crippen molar-refractivity contribution >= 4 is 5.97 Å². The second kappa shape index (κ2) is 8.43. The smallest absolute Gasteiger partial charge is 0.304 e. The predicted molar refractivity (Wildman–Crippen MR) is 82.2 cm³/mol. The molecule has 1 aromatic carbocycles. The fraction of sp³-hybridized carbons (Fsp3) is 0.500. The van der Waals surface area contributed by atoms with Gasteiger partial charge in [0.05, 0.1) is 0 Å². The maximum Gasteiger partial charge on any atom is 0.304 e. The van der Waals surface area contributed by atoms with E-state index in [9.17, 15) is 4.79 Å². The Morgan fingerprint density at radius 3 is 2.60 bits per heavy atom. The van der Waals surface area contributed by atoms with E-state index in [0.717, 1.165) is 32.1 Å². The molecule has 0 saturated carbocycles. The first-order chi connectivity index (χ1) is 9.56. The van der Waals surface area contributed by atoms with Gasteiger partial charge >= 0.3 is 5.97 Å². The molecule has 0 aliphatic heterocycles. The van der Waals surface area contributed by atoms with Crippen LogP contribution in [-0.2, 0) is 16.0 Å². The van der Waals surface area contributed by atoms with E-state index < -0.39 is 5.60 Å². The highest BCUT2D eigenvalue weighted by molar-refractivity contribution is 5.67. The van der Waals surface area contributed by atoms with Crippen LogP contribution < -0.4 is 0 Å². The Labute approximate surface area is 122 Å². The summed E-state index contributed by atoms with van der Waals surface area (Å²) in [5, 5.41) is 0. The maximum absolute atomic E-state index is 11.3. The van der Waals surface area contributed by atoms with E-state index in [0.29, 0.717) is 0 Å². The molecule has 0 radical (unpaired) electrons. The molecule has 1 aromatic rings. The summed E-state index contributed by atoms with van der Waals surface area (Å²) in [7, 11) is 0. The summed E-state index contributed by atoms with van der Waals surface area (Å²) in [6.07, 6.45) is 4.65. The number of rotatable bonds is 6. The summed E-state index contributed by atoms with van der Waals surface area (Å²) < 4.78 is 5.43. The molecule has 0 amide bonds. The van der Waals surface area contributed by atoms with Gasteiger partial charge in [-0.3, -0.25) is 4.79 Å². The summed E-state index contributed by atoms with van der Waals surface area (Å²) in [5.74, 6) is 6.01. The Bertz CT molecular complexity index is 467. The van der Waals surface area contributed by atoms with Crippen molar-refractivity contribution in [2.24, 2.45) is 0 Å². The zero-order valence-electron chi connectivity index (χ0n) is 12.7. The van der Waals surface area contributed by atoms with Crippen LogP contribution in [0.4, 0.5) is 0 Å². The number of hydrogen-bond acceptors (Lipinski definition) is 2. The normalized spacial score (nSPS) is 12.9. The molecule has 1 unspecified atom stereocenters. The van der Waals surface area contributed by atoms with Gasteiger partial charge < -0.3 is 4.74 Å². The van der Waals surface area contributed by atoms with Gasteiger partial charge in [0.1, 0.15) is 0 Å². The van der Waals surface area contributed by atoms with Crippen molar-refractivity contribution in [2.75, 3.05) is 0 Å². The topological polar surface area (TPSA) is 26.3 Å². The number of hydrogen-bond donors (Lipinski definition) is 0. The molecule has 1 rings (SSSR count). The van der Waals surface area contributed by atoms with E-state index >= 15 is 0 Å². The Hall–Kier alpha value is -1.75. The third kappa shape index (κ3) is 6.43. The van der Waals surface area contributed by atoms with Crippen LogP contribution in [0.2, 0.25) is 0 Å². The molecule has 2 heteroatoms. The lowest BCUT2D eigenvalue weighted by molar-refractivity contribution is -0.150. The van der Waals surface area contributed by atoms with Crippen LogP contribution in [0.25, 0.3) is 0 Å². The van der Waals surface area contributed by atoms with E-state index in [1.54, 1.807) is 0 Å². The lowest BCUT2D eigenvalue weighted by Gasteiger charge is -2.23. The van der Waals surface area contributed by atoms with Gasteiger partial charge in [0.2, 0.25) is 0 Å². The fourth-order valence-corrected chi connectivity index (χ4v) is 2.00. The Morgan fingerprint density at radius 2 is 2.00 bits per heavy atom. The van der Waals surface area contributed by atoms with Crippen molar-refractivity contribution < 1.29 is 9.53 Å². The summed E-state index contributed by atoms with van der Waals surface area (Å²) in [6.45, 7) is 5.48. The highest BCUT2D eigenvalue weighted by Crippen LogP contribution is 2.18. The van der Waals surface area contributed by atoms with E-state index in [-0.39, 0.29) is 5.97 Å². The molecule has 108 valence electrons. The molecule has 0 bridgehead atoms. The molecule has 20 heavy (non-hydrogen) atoms. The second-order valence-electron chi connectivity index (χ2n) is 5.22. The molecular weight excluding hydrogens is 248 g/mol. The number of unbranched alkanes of at least 4 members (excludes halogenated alkanes) is 2. The third-order valence-electron chi connectivity index (χ3n) is 3.11. The number of carbonyl (C=O) groups is 1. The minimum absolute atomic E-state index is 0.273. The van der Waals surface area contributed by atoms with Gasteiger partial charge in [0.15, 0.2) is 5.60 Å². The first-order valence-corrected chi connectivity index (χ1v) is 7.29. The van der Waals surface area contributed by atoms with Crippen LogP contribution in [0, 0.1) is 11.8 Å². The lowest BCUT2D eigenvalue weighted by Crippen LogP contribution is -2.29. The van der Waals surface area contributed by atoms with Crippen molar-refractivity contribution in [2.45, 2.75) is 58.5 Å². The van der Waals surface area contributed by atoms with Gasteiger partial charge in [-0.2, -0.15) is 0 Å². The zero-order valence-corrected chi connectivity index (χ0v) is 12.7. The van der Waals surface area contributed by atoms with Gasteiger partial charge in [0.25, 0.3) is 0 Å². The first kappa shape index (κ1) is 16.3. The van der Waals surface area contributed by atoms with Crippen LogP contribution in [-0.4, -0.2) is 11.6 Å². The Morgan fingerprint density at radius 1 is 1.30 bits per heavy atom. The molecule has 0 aliphatic carbocycles. The average molecular weight is 272 g/mol. The number of carbonyl (C=O) groups excluding carboxylic acids is 1. The van der Waals surface area contributed by atoms with E-state index in [1.165, 1.54) is 12.5 Å². The van der Waals surface area contributed by atoms with Gasteiger partial charge in [-0.15, -0.1) is 0 Å². The molecule has 0 aliphatic rings. The molecule has 1 atom stereocenters. The molecule has 2 nitrogen and oxygen atoms in total. The summed E-state index contributed by atoms with van der Waals surface area (Å²) in [4.78, 5) is 11.3. The summed E-state index contributed by atoms with van der Waals surface area (Å²) in [6, 6.07) is 10.2. The van der Waals surface area contributed by atoms with Crippen LogP contribution in [0.3, 0.4) is 0 Å². The third-order valence-corrected chi connectivity index (χ3v) is 3.11. The van der Waals surface area contributed by atoms with E-state index in [2.05, 4.69) is 30.9 Å². The number of benzene rings is 1. The predicted octanol–water partition coefficient (Wildman–Crippen LogP) is 4.13. The summed E-state index contributed by atoms with van der Waals surface area (Å²) in [5.41, 5.74) is 0.552. The molecule has 0 fully saturated rings. The molecule has 0 aromatic heterocycles. The maximum atomic E-state index is 11.3. The summed E-state index contributed by atoms with van der Waals surface area (Å²) >= 11 is 0. The average Bonchev–Trinajstić information content (AvgIpc) is 2.42. The molecule has 0 N–H and O–H groups in total. The molecule has 0 heterocycles. The van der Waals surface area contributed by atoms with Crippen LogP contribution >= 0.6 is 0 Å². The Kier molecular flexibility index (Phi) is 6.87. The largest absolute Gasteiger partial charge is 0.446 e. The van der Waals surface area contributed by atoms with Crippen molar-refractivity contribution in [3.8, 4) is 11.8 Å². The molecule has 0 spiro atoms. The zero-order chi connectivity index (χ0) is 14.8. The lowest BCUT2D eigenvalue weighted by atomic mass is 9.96. The van der Waals surface area contributed by atoms with Crippen molar-refractivity contribution in [1.29, 1.82) is 0 Å². The minimum Gasteiger partial charge on any atom is -0.446 e. The van der Waals surface area contributed by atoms with Crippen LogP contribution in [0.1, 0.15) is 52.0 Å². The van der Waals surface area contributed by atoms with Crippen molar-refractivity contribution in [1.82, 2.24) is 0 Å². The van der Waals surface area contributed by atoms with Crippen LogP contribution in [0.5, 0.6) is 0 Å². The number of esters is 1. The fourth-order valence-electron chi connectivity index (χ4n) is 2.00. The minimum atomic E-state index is -0.685. The van der Waals surface area contributed by atoms with Gasteiger partial charge in [0, 0.05) is 19.8 Å². The number of ether oxygens (including phenoxy) is 1. The Balaban J connectivity index is 2.66. The van der Waals surface area contributed by atoms with E-state index in [4.69, 9.17) is 4.74 Å². The molecular formula is C18H24O2. The van der Waals surface area contributed by atoms with Crippen molar-refractivity contribution in [3.63, 3.8) is 0 Å². The van der Waals surface area contributed by atoms with E-state index in [1.807, 2.05) is 25.1 Å². The highest BCUT2D eigenvalue weighted by atomic mass is 16.6. The molecule has 0 saturated heterocycles. The van der Waals surface area contributed by atoms with Gasteiger partial charge in [-0.1, -0.05) is 55.5 Å².